The van der Waals surface area contributed by atoms with Gasteiger partial charge in [-0.3, -0.25) is 9.59 Å². The molecule has 0 rings (SSSR count). The third kappa shape index (κ3) is 57.1. The molecular formula is C66H123NO5. The van der Waals surface area contributed by atoms with Crippen molar-refractivity contribution in [3.05, 3.63) is 48.6 Å². The van der Waals surface area contributed by atoms with Crippen LogP contribution in [0.3, 0.4) is 0 Å². The number of aliphatic hydroxyl groups excluding tert-OH is 2. The summed E-state index contributed by atoms with van der Waals surface area (Å²) >= 11 is 0. The lowest BCUT2D eigenvalue weighted by Gasteiger charge is -2.20. The lowest BCUT2D eigenvalue weighted by Crippen LogP contribution is -2.45. The van der Waals surface area contributed by atoms with Gasteiger partial charge in [-0.15, -0.1) is 0 Å². The number of hydrogen-bond donors (Lipinski definition) is 3. The van der Waals surface area contributed by atoms with Crippen LogP contribution >= 0.6 is 0 Å². The molecule has 0 spiro atoms. The first-order valence-corrected chi connectivity index (χ1v) is 31.9. The van der Waals surface area contributed by atoms with Crippen molar-refractivity contribution in [3.63, 3.8) is 0 Å². The number of aliphatic hydroxyl groups is 2. The zero-order valence-corrected chi connectivity index (χ0v) is 48.2. The average molecular weight is 1010 g/mol. The van der Waals surface area contributed by atoms with Crippen molar-refractivity contribution >= 4 is 11.9 Å². The van der Waals surface area contributed by atoms with Crippen LogP contribution in [-0.2, 0) is 14.3 Å². The highest BCUT2D eigenvalue weighted by Gasteiger charge is 2.18. The van der Waals surface area contributed by atoms with E-state index in [4.69, 9.17) is 4.74 Å². The molecule has 3 N–H and O–H groups in total. The Morgan fingerprint density at radius 2 is 0.694 bits per heavy atom. The summed E-state index contributed by atoms with van der Waals surface area (Å²) in [5.41, 5.74) is 0. The number of esters is 1. The second-order valence-corrected chi connectivity index (χ2v) is 21.7. The predicted octanol–water partition coefficient (Wildman–Crippen LogP) is 20.1. The molecule has 6 nitrogen and oxygen atoms in total. The summed E-state index contributed by atoms with van der Waals surface area (Å²) in [4.78, 5) is 24.5. The first kappa shape index (κ1) is 69.8. The van der Waals surface area contributed by atoms with Crippen LogP contribution in [0.2, 0.25) is 0 Å². The zero-order valence-electron chi connectivity index (χ0n) is 48.2. The molecule has 0 saturated carbocycles. The normalized spacial score (nSPS) is 12.9. The Labute approximate surface area is 448 Å². The number of ether oxygens (including phenoxy) is 1. The van der Waals surface area contributed by atoms with Gasteiger partial charge in [-0.25, -0.2) is 0 Å². The van der Waals surface area contributed by atoms with Crippen LogP contribution in [-0.4, -0.2) is 47.4 Å². The second-order valence-electron chi connectivity index (χ2n) is 21.7. The lowest BCUT2D eigenvalue weighted by atomic mass is 10.0. The van der Waals surface area contributed by atoms with Gasteiger partial charge in [0, 0.05) is 12.8 Å². The Hall–Kier alpha value is -2.18. The summed E-state index contributed by atoms with van der Waals surface area (Å²) in [5, 5.41) is 23.2. The quantitative estimate of drug-likeness (QED) is 0.0320. The van der Waals surface area contributed by atoms with Crippen molar-refractivity contribution in [1.29, 1.82) is 0 Å². The van der Waals surface area contributed by atoms with Crippen LogP contribution in [0.5, 0.6) is 0 Å². The number of amides is 1. The lowest BCUT2D eigenvalue weighted by molar-refractivity contribution is -0.143. The minimum atomic E-state index is -0.858. The maximum Gasteiger partial charge on any atom is 0.305 e. The largest absolute Gasteiger partial charge is 0.466 e. The van der Waals surface area contributed by atoms with Crippen LogP contribution in [0.1, 0.15) is 335 Å². The molecule has 0 heterocycles. The monoisotopic (exact) mass is 1010 g/mol. The maximum atomic E-state index is 12.5. The minimum absolute atomic E-state index is 0.0249. The molecule has 2 unspecified atom stereocenters. The number of carbonyl (C=O) groups excluding carboxylic acids is 2. The second kappa shape index (κ2) is 61.4. The highest BCUT2D eigenvalue weighted by Crippen LogP contribution is 2.17. The van der Waals surface area contributed by atoms with E-state index in [9.17, 15) is 19.8 Å². The molecule has 0 aromatic carbocycles. The number of hydrogen-bond acceptors (Lipinski definition) is 5. The number of carbonyl (C=O) groups is 2. The highest BCUT2D eigenvalue weighted by atomic mass is 16.5. The molecule has 0 aliphatic rings. The van der Waals surface area contributed by atoms with E-state index in [1.807, 2.05) is 6.08 Å². The molecule has 0 fully saturated rings. The van der Waals surface area contributed by atoms with Crippen LogP contribution < -0.4 is 5.32 Å². The van der Waals surface area contributed by atoms with Gasteiger partial charge in [-0.05, 0) is 96.3 Å². The van der Waals surface area contributed by atoms with E-state index in [1.54, 1.807) is 6.08 Å². The summed E-state index contributed by atoms with van der Waals surface area (Å²) in [6, 6.07) is -0.642. The van der Waals surface area contributed by atoms with Gasteiger partial charge in [0.05, 0.1) is 25.4 Å². The van der Waals surface area contributed by atoms with Gasteiger partial charge >= 0.3 is 5.97 Å². The van der Waals surface area contributed by atoms with Crippen molar-refractivity contribution < 1.29 is 24.5 Å². The summed E-state index contributed by atoms with van der Waals surface area (Å²) < 4.78 is 5.45. The van der Waals surface area contributed by atoms with Crippen molar-refractivity contribution in [1.82, 2.24) is 5.32 Å². The van der Waals surface area contributed by atoms with E-state index in [2.05, 4.69) is 55.6 Å². The van der Waals surface area contributed by atoms with E-state index in [0.29, 0.717) is 19.4 Å². The first-order valence-electron chi connectivity index (χ1n) is 31.9. The number of rotatable bonds is 59. The average Bonchev–Trinajstić information content (AvgIpc) is 3.38. The summed E-state index contributed by atoms with van der Waals surface area (Å²) in [7, 11) is 0. The molecule has 2 atom stereocenters. The zero-order chi connectivity index (χ0) is 52.2. The highest BCUT2D eigenvalue weighted by molar-refractivity contribution is 5.76. The Morgan fingerprint density at radius 1 is 0.389 bits per heavy atom. The van der Waals surface area contributed by atoms with E-state index in [1.165, 1.54) is 225 Å². The Kier molecular flexibility index (Phi) is 59.5. The van der Waals surface area contributed by atoms with Gasteiger partial charge in [0.15, 0.2) is 0 Å². The summed E-state index contributed by atoms with van der Waals surface area (Å²) in [6.45, 7) is 4.86. The van der Waals surface area contributed by atoms with E-state index >= 15 is 0 Å². The van der Waals surface area contributed by atoms with Crippen LogP contribution in [0.4, 0.5) is 0 Å². The van der Waals surface area contributed by atoms with Crippen molar-refractivity contribution in [2.24, 2.45) is 0 Å². The van der Waals surface area contributed by atoms with Gasteiger partial charge in [0.2, 0.25) is 5.91 Å². The van der Waals surface area contributed by atoms with E-state index in [-0.39, 0.29) is 18.5 Å². The van der Waals surface area contributed by atoms with Crippen LogP contribution in [0.15, 0.2) is 48.6 Å². The third-order valence-corrected chi connectivity index (χ3v) is 14.6. The van der Waals surface area contributed by atoms with Crippen LogP contribution in [0.25, 0.3) is 0 Å². The molecule has 72 heavy (non-hydrogen) atoms. The molecule has 0 aliphatic heterocycles. The molecule has 1 amide bonds. The fourth-order valence-electron chi connectivity index (χ4n) is 9.66. The van der Waals surface area contributed by atoms with Crippen LogP contribution in [0, 0.1) is 0 Å². The standard InChI is InChI=1S/C66H123NO5/c1-3-5-7-9-11-13-15-17-19-20-21-22-23-24-25-26-28-31-34-38-42-46-50-54-58-64(69)63(62-68)67-65(70)59-55-51-47-43-39-35-32-29-27-30-33-37-41-45-49-53-57-61-72-66(71)60-56-52-48-44-40-36-18-16-14-12-10-8-6-4-2/h16,18,27,30,37,41,54,58,63-64,68-69H,3-15,17,19-26,28-29,31-36,38-40,42-53,55-57,59-62H2,1-2H3,(H,67,70)/b18-16-,30-27-,41-37-,58-54+. The minimum Gasteiger partial charge on any atom is -0.466 e. The Morgan fingerprint density at radius 3 is 1.07 bits per heavy atom. The molecular weight excluding hydrogens is 887 g/mol. The fraction of sp³-hybridized carbons (Fsp3) is 0.848. The Bertz CT molecular complexity index is 1210. The van der Waals surface area contributed by atoms with E-state index < -0.39 is 12.1 Å². The maximum absolute atomic E-state index is 12.5. The molecule has 6 heteroatoms. The summed E-state index contributed by atoms with van der Waals surface area (Å²) in [6.07, 6.45) is 78.7. The third-order valence-electron chi connectivity index (χ3n) is 14.6. The van der Waals surface area contributed by atoms with Crippen molar-refractivity contribution in [3.8, 4) is 0 Å². The number of nitrogens with one attached hydrogen (secondary N) is 1. The molecule has 0 bridgehead atoms. The predicted molar refractivity (Wildman–Crippen MR) is 315 cm³/mol. The molecule has 422 valence electrons. The van der Waals surface area contributed by atoms with Gasteiger partial charge in [-0.1, -0.05) is 274 Å². The SMILES string of the molecule is CCCCCCC/C=C\CCCCCCCC(=O)OCCCCC/C=C\C/C=C\CCCCCCCCCC(=O)NC(CO)C(O)/C=C/CCCCCCCCCCCCCCCCCCCCCCCC. The molecule has 0 radical (unpaired) electrons. The van der Waals surface area contributed by atoms with Crippen molar-refractivity contribution in [2.45, 2.75) is 347 Å². The Balaban J connectivity index is 3.53. The topological polar surface area (TPSA) is 95.9 Å². The van der Waals surface area contributed by atoms with Gasteiger partial charge in [0.1, 0.15) is 0 Å². The van der Waals surface area contributed by atoms with Crippen molar-refractivity contribution in [2.75, 3.05) is 13.2 Å². The molecule has 0 aliphatic carbocycles. The number of allylic oxidation sites excluding steroid dienone is 7. The first-order chi connectivity index (χ1) is 35.5. The van der Waals surface area contributed by atoms with Gasteiger partial charge in [0.25, 0.3) is 0 Å². The van der Waals surface area contributed by atoms with Gasteiger partial charge in [-0.2, -0.15) is 0 Å². The van der Waals surface area contributed by atoms with Gasteiger partial charge < -0.3 is 20.3 Å². The smallest absolute Gasteiger partial charge is 0.305 e. The fourth-order valence-corrected chi connectivity index (χ4v) is 9.66. The molecule has 0 aromatic heterocycles. The van der Waals surface area contributed by atoms with E-state index in [0.717, 1.165) is 83.5 Å². The molecule has 0 aromatic rings. The summed E-state index contributed by atoms with van der Waals surface area (Å²) in [5.74, 6) is -0.107. The molecule has 0 saturated heterocycles. The number of unbranched alkanes of at least 4 members (excludes halogenated alkanes) is 42.